The number of cyclic esters (lactones) is 1. The van der Waals surface area contributed by atoms with Gasteiger partial charge in [0.15, 0.2) is 0 Å². The molecule has 1 saturated heterocycles. The van der Waals surface area contributed by atoms with E-state index in [1.165, 1.54) is 4.90 Å². The Morgan fingerprint density at radius 2 is 2.44 bits per heavy atom. The zero-order valence-corrected chi connectivity index (χ0v) is 9.67. The van der Waals surface area contributed by atoms with Gasteiger partial charge in [-0.3, -0.25) is 4.90 Å². The number of carbonyl (C=O) groups is 1. The van der Waals surface area contributed by atoms with Gasteiger partial charge in [0.1, 0.15) is 12.8 Å². The highest BCUT2D eigenvalue weighted by atomic mass is 32.2. The second-order valence-corrected chi connectivity index (χ2v) is 4.35. The van der Waals surface area contributed by atoms with E-state index in [1.807, 2.05) is 30.5 Å². The lowest BCUT2D eigenvalue weighted by Gasteiger charge is -2.13. The van der Waals surface area contributed by atoms with Crippen LogP contribution in [0.3, 0.4) is 0 Å². The molecule has 0 aromatic heterocycles. The van der Waals surface area contributed by atoms with Crippen molar-refractivity contribution in [1.82, 2.24) is 0 Å². The van der Waals surface area contributed by atoms with Crippen molar-refractivity contribution >= 4 is 23.5 Å². The summed E-state index contributed by atoms with van der Waals surface area (Å²) >= 11 is 1.60. The van der Waals surface area contributed by atoms with Crippen LogP contribution in [0.4, 0.5) is 14.9 Å². The maximum absolute atomic E-state index is 12.4. The SMILES string of the molecule is CSc1cccc(N2CC(CF)OC2=O)c1. The third-order valence-corrected chi connectivity index (χ3v) is 3.14. The van der Waals surface area contributed by atoms with Crippen molar-refractivity contribution in [2.24, 2.45) is 0 Å². The first-order valence-corrected chi connectivity index (χ1v) is 6.15. The third kappa shape index (κ3) is 2.14. The summed E-state index contributed by atoms with van der Waals surface area (Å²) in [6, 6.07) is 7.55. The molecule has 86 valence electrons. The Labute approximate surface area is 97.6 Å². The average molecular weight is 241 g/mol. The zero-order chi connectivity index (χ0) is 11.5. The van der Waals surface area contributed by atoms with E-state index < -0.39 is 18.9 Å². The molecule has 0 aliphatic carbocycles. The molecule has 1 atom stereocenters. The number of hydrogen-bond acceptors (Lipinski definition) is 3. The van der Waals surface area contributed by atoms with Gasteiger partial charge in [-0.15, -0.1) is 11.8 Å². The average Bonchev–Trinajstić information content (AvgIpc) is 2.71. The fourth-order valence-corrected chi connectivity index (χ4v) is 2.04. The highest BCUT2D eigenvalue weighted by Crippen LogP contribution is 2.25. The molecule has 3 nitrogen and oxygen atoms in total. The van der Waals surface area contributed by atoms with Crippen LogP contribution in [0.25, 0.3) is 0 Å². The summed E-state index contributed by atoms with van der Waals surface area (Å²) in [4.78, 5) is 14.0. The Bertz CT molecular complexity index is 399. The summed E-state index contributed by atoms with van der Waals surface area (Å²) in [5.74, 6) is 0. The lowest BCUT2D eigenvalue weighted by atomic mass is 10.3. The van der Waals surface area contributed by atoms with Crippen LogP contribution < -0.4 is 4.90 Å². The molecule has 0 saturated carbocycles. The molecule has 1 aromatic rings. The van der Waals surface area contributed by atoms with Crippen molar-refractivity contribution in [3.05, 3.63) is 24.3 Å². The number of hydrogen-bond donors (Lipinski definition) is 0. The van der Waals surface area contributed by atoms with Crippen LogP contribution in [0.5, 0.6) is 0 Å². The van der Waals surface area contributed by atoms with Crippen LogP contribution in [0.1, 0.15) is 0 Å². The van der Waals surface area contributed by atoms with Crippen molar-refractivity contribution in [2.45, 2.75) is 11.0 Å². The number of amides is 1. The Morgan fingerprint density at radius 3 is 3.06 bits per heavy atom. The minimum absolute atomic E-state index is 0.285. The number of anilines is 1. The van der Waals surface area contributed by atoms with E-state index in [9.17, 15) is 9.18 Å². The second kappa shape index (κ2) is 4.74. The lowest BCUT2D eigenvalue weighted by Crippen LogP contribution is -2.24. The summed E-state index contributed by atoms with van der Waals surface area (Å²) in [6.07, 6.45) is 0.859. The second-order valence-electron chi connectivity index (χ2n) is 3.47. The number of carbonyl (C=O) groups excluding carboxylic acids is 1. The number of thioether (sulfide) groups is 1. The van der Waals surface area contributed by atoms with Gasteiger partial charge in [-0.05, 0) is 24.5 Å². The third-order valence-electron chi connectivity index (χ3n) is 2.41. The molecule has 5 heteroatoms. The summed E-state index contributed by atoms with van der Waals surface area (Å²) in [5.41, 5.74) is 0.757. The molecule has 1 unspecified atom stereocenters. The van der Waals surface area contributed by atoms with E-state index in [-0.39, 0.29) is 6.54 Å². The van der Waals surface area contributed by atoms with Crippen molar-refractivity contribution < 1.29 is 13.9 Å². The van der Waals surface area contributed by atoms with Crippen LogP contribution >= 0.6 is 11.8 Å². The van der Waals surface area contributed by atoms with E-state index in [0.717, 1.165) is 10.6 Å². The molecule has 16 heavy (non-hydrogen) atoms. The monoisotopic (exact) mass is 241 g/mol. The van der Waals surface area contributed by atoms with Crippen LogP contribution in [-0.2, 0) is 4.74 Å². The molecule has 0 bridgehead atoms. The predicted octanol–water partition coefficient (Wildman–Crippen LogP) is 2.70. The Hall–Kier alpha value is -1.23. The number of halogens is 1. The van der Waals surface area contributed by atoms with Crippen molar-refractivity contribution in [3.63, 3.8) is 0 Å². The molecule has 0 spiro atoms. The predicted molar refractivity (Wildman–Crippen MR) is 61.8 cm³/mol. The molecule has 1 heterocycles. The van der Waals surface area contributed by atoms with E-state index in [2.05, 4.69) is 0 Å². The quantitative estimate of drug-likeness (QED) is 0.762. The highest BCUT2D eigenvalue weighted by Gasteiger charge is 2.32. The Kier molecular flexibility index (Phi) is 3.33. The van der Waals surface area contributed by atoms with Gasteiger partial charge >= 0.3 is 6.09 Å². The normalized spacial score (nSPS) is 20.0. The van der Waals surface area contributed by atoms with Gasteiger partial charge in [-0.1, -0.05) is 6.07 Å². The van der Waals surface area contributed by atoms with E-state index in [4.69, 9.17) is 4.74 Å². The first-order chi connectivity index (χ1) is 7.74. The smallest absolute Gasteiger partial charge is 0.414 e. The van der Waals surface area contributed by atoms with Crippen molar-refractivity contribution in [1.29, 1.82) is 0 Å². The fourth-order valence-electron chi connectivity index (χ4n) is 1.59. The van der Waals surface area contributed by atoms with Gasteiger partial charge < -0.3 is 4.74 Å². The minimum atomic E-state index is -0.634. The molecule has 0 N–H and O–H groups in total. The summed E-state index contributed by atoms with van der Waals surface area (Å²) in [7, 11) is 0. The first-order valence-electron chi connectivity index (χ1n) is 4.92. The van der Waals surface area contributed by atoms with Crippen LogP contribution in [0.15, 0.2) is 29.2 Å². The molecular weight excluding hydrogens is 229 g/mol. The molecule has 1 aliphatic rings. The van der Waals surface area contributed by atoms with Gasteiger partial charge in [0.2, 0.25) is 0 Å². The number of alkyl halides is 1. The van der Waals surface area contributed by atoms with E-state index in [0.29, 0.717) is 0 Å². The van der Waals surface area contributed by atoms with Crippen LogP contribution in [0, 0.1) is 0 Å². The number of nitrogens with zero attached hydrogens (tertiary/aromatic N) is 1. The van der Waals surface area contributed by atoms with Gasteiger partial charge in [0.25, 0.3) is 0 Å². The van der Waals surface area contributed by atoms with Crippen LogP contribution in [-0.4, -0.2) is 31.7 Å². The number of benzene rings is 1. The topological polar surface area (TPSA) is 29.5 Å². The molecule has 1 fully saturated rings. The van der Waals surface area contributed by atoms with E-state index in [1.54, 1.807) is 11.8 Å². The van der Waals surface area contributed by atoms with E-state index >= 15 is 0 Å². The maximum Gasteiger partial charge on any atom is 0.414 e. The maximum atomic E-state index is 12.4. The van der Waals surface area contributed by atoms with Crippen LogP contribution in [0.2, 0.25) is 0 Å². The first kappa shape index (κ1) is 11.3. The summed E-state index contributed by atoms with van der Waals surface area (Å²) in [6.45, 7) is -0.350. The molecular formula is C11H12FNO2S. The van der Waals surface area contributed by atoms with Gasteiger partial charge in [0.05, 0.1) is 6.54 Å². The van der Waals surface area contributed by atoms with Crippen molar-refractivity contribution in [3.8, 4) is 0 Å². The molecule has 0 radical (unpaired) electrons. The Balaban J connectivity index is 2.20. The fraction of sp³-hybridized carbons (Fsp3) is 0.364. The summed E-state index contributed by atoms with van der Waals surface area (Å²) in [5, 5.41) is 0. The number of rotatable bonds is 3. The summed E-state index contributed by atoms with van der Waals surface area (Å²) < 4.78 is 17.3. The van der Waals surface area contributed by atoms with Crippen molar-refractivity contribution in [2.75, 3.05) is 24.4 Å². The van der Waals surface area contributed by atoms with Gasteiger partial charge in [0, 0.05) is 10.6 Å². The Morgan fingerprint density at radius 1 is 1.62 bits per heavy atom. The van der Waals surface area contributed by atoms with Gasteiger partial charge in [-0.2, -0.15) is 0 Å². The minimum Gasteiger partial charge on any atom is -0.441 e. The number of ether oxygens (including phenoxy) is 1. The largest absolute Gasteiger partial charge is 0.441 e. The standard InChI is InChI=1S/C11H12FNO2S/c1-16-10-4-2-3-8(5-10)13-7-9(6-12)15-11(13)14/h2-5,9H,6-7H2,1H3. The zero-order valence-electron chi connectivity index (χ0n) is 8.85. The molecule has 1 aliphatic heterocycles. The van der Waals surface area contributed by atoms with Gasteiger partial charge in [-0.25, -0.2) is 9.18 Å². The highest BCUT2D eigenvalue weighted by molar-refractivity contribution is 7.98. The molecule has 1 aromatic carbocycles. The molecule has 1 amide bonds. The molecule has 2 rings (SSSR count). The lowest BCUT2D eigenvalue weighted by molar-refractivity contribution is 0.124.